The summed E-state index contributed by atoms with van der Waals surface area (Å²) in [5.41, 5.74) is 0.220. The summed E-state index contributed by atoms with van der Waals surface area (Å²) in [6, 6.07) is 8.06. The molecule has 1 rings (SSSR count). The number of carbonyl (C=O) groups is 1. The van der Waals surface area contributed by atoms with Crippen LogP contribution in [0.1, 0.15) is 24.2 Å². The molecule has 1 aromatic rings. The van der Waals surface area contributed by atoms with E-state index in [0.29, 0.717) is 0 Å². The van der Waals surface area contributed by atoms with Crippen LogP contribution in [-0.4, -0.2) is 19.2 Å². The van der Waals surface area contributed by atoms with E-state index in [9.17, 15) is 9.90 Å². The standard InChI is InChI=1S/C7H6O2.C4H10O.Na/c8-7(9)6-4-2-1-3-5-6;1-3-5-4-2;/h1-5H,(H,8,9);3-4H2,1-2H3;/q;;+1/p-1. The summed E-state index contributed by atoms with van der Waals surface area (Å²) < 4.78 is 4.83. The van der Waals surface area contributed by atoms with Gasteiger partial charge < -0.3 is 14.6 Å². The maximum absolute atomic E-state index is 10.1. The number of aromatic carboxylic acids is 1. The van der Waals surface area contributed by atoms with Crippen molar-refractivity contribution in [3.05, 3.63) is 35.9 Å². The fraction of sp³-hybridized carbons (Fsp3) is 0.364. The minimum Gasteiger partial charge on any atom is -0.545 e. The summed E-state index contributed by atoms with van der Waals surface area (Å²) in [5.74, 6) is -1.13. The molecule has 3 nitrogen and oxygen atoms in total. The van der Waals surface area contributed by atoms with Crippen molar-refractivity contribution in [3.8, 4) is 0 Å². The molecule has 0 N–H and O–H groups in total. The molecule has 0 aliphatic rings. The summed E-state index contributed by atoms with van der Waals surface area (Å²) in [7, 11) is 0. The first kappa shape index (κ1) is 17.1. The Morgan fingerprint density at radius 2 is 1.67 bits per heavy atom. The number of hydrogen-bond acceptors (Lipinski definition) is 3. The minimum atomic E-state index is -1.13. The van der Waals surface area contributed by atoms with Crippen molar-refractivity contribution in [1.82, 2.24) is 0 Å². The van der Waals surface area contributed by atoms with E-state index >= 15 is 0 Å². The van der Waals surface area contributed by atoms with Crippen molar-refractivity contribution in [2.45, 2.75) is 13.8 Å². The Kier molecular flexibility index (Phi) is 13.3. The average Bonchev–Trinajstić information content (AvgIpc) is 2.21. The van der Waals surface area contributed by atoms with Crippen molar-refractivity contribution in [2.75, 3.05) is 13.2 Å². The number of ether oxygens (including phenoxy) is 1. The smallest absolute Gasteiger partial charge is 0.545 e. The van der Waals surface area contributed by atoms with Gasteiger partial charge in [0.15, 0.2) is 0 Å². The second-order valence-electron chi connectivity index (χ2n) is 2.43. The van der Waals surface area contributed by atoms with Crippen LogP contribution in [-0.2, 0) is 4.74 Å². The van der Waals surface area contributed by atoms with Crippen LogP contribution in [0.2, 0.25) is 0 Å². The molecule has 0 aromatic heterocycles. The zero-order valence-corrected chi connectivity index (χ0v) is 11.5. The Morgan fingerprint density at radius 3 is 1.87 bits per heavy atom. The number of carboxylic acid groups (broad SMARTS) is 1. The Labute approximate surface area is 113 Å². The molecular weight excluding hydrogens is 203 g/mol. The molecular formula is C11H15NaO3. The zero-order chi connectivity index (χ0) is 10.8. The number of carbonyl (C=O) groups excluding carboxylic acids is 1. The van der Waals surface area contributed by atoms with E-state index in [0.717, 1.165) is 13.2 Å². The Bertz CT molecular complexity index is 247. The van der Waals surface area contributed by atoms with Crippen LogP contribution < -0.4 is 34.7 Å². The normalized spacial score (nSPS) is 8.13. The monoisotopic (exact) mass is 218 g/mol. The zero-order valence-electron chi connectivity index (χ0n) is 9.53. The van der Waals surface area contributed by atoms with Gasteiger partial charge in [-0.25, -0.2) is 0 Å². The molecule has 1 aromatic carbocycles. The molecule has 0 saturated heterocycles. The third-order valence-corrected chi connectivity index (χ3v) is 1.42. The van der Waals surface area contributed by atoms with Crippen molar-refractivity contribution in [1.29, 1.82) is 0 Å². The van der Waals surface area contributed by atoms with Crippen LogP contribution in [0.15, 0.2) is 30.3 Å². The molecule has 15 heavy (non-hydrogen) atoms. The summed E-state index contributed by atoms with van der Waals surface area (Å²) in [4.78, 5) is 10.1. The molecule has 0 radical (unpaired) electrons. The van der Waals surface area contributed by atoms with Gasteiger partial charge in [0.25, 0.3) is 0 Å². The molecule has 4 heteroatoms. The van der Waals surface area contributed by atoms with E-state index in [1.54, 1.807) is 18.2 Å². The molecule has 0 heterocycles. The van der Waals surface area contributed by atoms with Gasteiger partial charge in [0.05, 0.1) is 5.97 Å². The molecule has 0 saturated carbocycles. The fourth-order valence-corrected chi connectivity index (χ4v) is 0.778. The molecule has 0 aliphatic heterocycles. The first-order chi connectivity index (χ1) is 6.72. The van der Waals surface area contributed by atoms with E-state index in [-0.39, 0.29) is 35.1 Å². The van der Waals surface area contributed by atoms with Crippen LogP contribution in [0.25, 0.3) is 0 Å². The van der Waals surface area contributed by atoms with Gasteiger partial charge in [0, 0.05) is 13.2 Å². The van der Waals surface area contributed by atoms with E-state index in [4.69, 9.17) is 4.74 Å². The van der Waals surface area contributed by atoms with E-state index in [2.05, 4.69) is 0 Å². The average molecular weight is 218 g/mol. The quantitative estimate of drug-likeness (QED) is 0.557. The summed E-state index contributed by atoms with van der Waals surface area (Å²) >= 11 is 0. The second-order valence-corrected chi connectivity index (χ2v) is 2.43. The molecule has 0 unspecified atom stereocenters. The van der Waals surface area contributed by atoms with E-state index in [1.165, 1.54) is 12.1 Å². The first-order valence-electron chi connectivity index (χ1n) is 4.56. The van der Waals surface area contributed by atoms with Crippen molar-refractivity contribution < 1.29 is 44.2 Å². The molecule has 0 bridgehead atoms. The van der Waals surface area contributed by atoms with Crippen LogP contribution in [0, 0.1) is 0 Å². The van der Waals surface area contributed by atoms with Gasteiger partial charge in [0.1, 0.15) is 0 Å². The SMILES string of the molecule is CCOCC.O=C([O-])c1ccccc1.[Na+]. The van der Waals surface area contributed by atoms with Crippen LogP contribution in [0.4, 0.5) is 0 Å². The van der Waals surface area contributed by atoms with Gasteiger partial charge >= 0.3 is 29.6 Å². The van der Waals surface area contributed by atoms with Crippen LogP contribution >= 0.6 is 0 Å². The maximum atomic E-state index is 10.1. The predicted molar refractivity (Wildman–Crippen MR) is 52.9 cm³/mol. The largest absolute Gasteiger partial charge is 1.00 e. The molecule has 0 atom stereocenters. The predicted octanol–water partition coefficient (Wildman–Crippen LogP) is -1.90. The molecule has 78 valence electrons. The topological polar surface area (TPSA) is 49.4 Å². The summed E-state index contributed by atoms with van der Waals surface area (Å²) in [5, 5.41) is 10.1. The second kappa shape index (κ2) is 11.7. The minimum absolute atomic E-state index is 0. The van der Waals surface area contributed by atoms with Crippen molar-refractivity contribution in [3.63, 3.8) is 0 Å². The maximum Gasteiger partial charge on any atom is 1.00 e. The molecule has 0 fully saturated rings. The van der Waals surface area contributed by atoms with Gasteiger partial charge in [-0.1, -0.05) is 30.3 Å². The van der Waals surface area contributed by atoms with E-state index in [1.807, 2.05) is 13.8 Å². The van der Waals surface area contributed by atoms with E-state index < -0.39 is 5.97 Å². The Morgan fingerprint density at radius 1 is 1.20 bits per heavy atom. The first-order valence-corrected chi connectivity index (χ1v) is 4.56. The molecule has 0 aliphatic carbocycles. The van der Waals surface area contributed by atoms with Crippen LogP contribution in [0.3, 0.4) is 0 Å². The number of rotatable bonds is 3. The van der Waals surface area contributed by atoms with Gasteiger partial charge in [-0.3, -0.25) is 0 Å². The number of hydrogen-bond donors (Lipinski definition) is 0. The van der Waals surface area contributed by atoms with Gasteiger partial charge in [-0.15, -0.1) is 0 Å². The van der Waals surface area contributed by atoms with Crippen LogP contribution in [0.5, 0.6) is 0 Å². The van der Waals surface area contributed by atoms with Crippen molar-refractivity contribution >= 4 is 5.97 Å². The Balaban J connectivity index is 0. The van der Waals surface area contributed by atoms with Gasteiger partial charge in [-0.05, 0) is 19.4 Å². The summed E-state index contributed by atoms with van der Waals surface area (Å²) in [6.07, 6.45) is 0. The van der Waals surface area contributed by atoms with Crippen molar-refractivity contribution in [2.24, 2.45) is 0 Å². The fourth-order valence-electron chi connectivity index (χ4n) is 0.778. The third kappa shape index (κ3) is 9.94. The van der Waals surface area contributed by atoms with Gasteiger partial charge in [-0.2, -0.15) is 0 Å². The number of carboxylic acids is 1. The number of benzene rings is 1. The van der Waals surface area contributed by atoms with Gasteiger partial charge in [0.2, 0.25) is 0 Å². The Hall–Kier alpha value is -0.350. The third-order valence-electron chi connectivity index (χ3n) is 1.42. The summed E-state index contributed by atoms with van der Waals surface area (Å²) in [6.45, 7) is 5.67. The molecule has 0 amide bonds. The molecule has 0 spiro atoms.